The first kappa shape index (κ1) is 23.0. The Morgan fingerprint density at radius 1 is 1.10 bits per heavy atom. The van der Waals surface area contributed by atoms with Gasteiger partial charge in [-0.1, -0.05) is 42.5 Å². The zero-order valence-electron chi connectivity index (χ0n) is 18.0. The monoisotopic (exact) mass is 443 g/mol. The van der Waals surface area contributed by atoms with Gasteiger partial charge in [0.1, 0.15) is 10.6 Å². The minimum atomic E-state index is -3.75. The topological polar surface area (TPSA) is 78.9 Å². The van der Waals surface area contributed by atoms with Gasteiger partial charge in [0.2, 0.25) is 15.9 Å². The van der Waals surface area contributed by atoms with Crippen molar-refractivity contribution in [2.75, 3.05) is 44.6 Å². The first-order chi connectivity index (χ1) is 14.9. The Balaban J connectivity index is 1.67. The molecule has 0 aromatic heterocycles. The van der Waals surface area contributed by atoms with E-state index in [-0.39, 0.29) is 10.8 Å². The van der Waals surface area contributed by atoms with Gasteiger partial charge in [-0.3, -0.25) is 9.69 Å². The Kier molecular flexibility index (Phi) is 7.84. The summed E-state index contributed by atoms with van der Waals surface area (Å²) in [6.45, 7) is 6.40. The summed E-state index contributed by atoms with van der Waals surface area (Å²) in [6, 6.07) is 14.8. The lowest BCUT2D eigenvalue weighted by Crippen LogP contribution is -2.48. The van der Waals surface area contributed by atoms with Crippen LogP contribution >= 0.6 is 0 Å². The molecule has 0 radical (unpaired) electrons. The van der Waals surface area contributed by atoms with Crippen molar-refractivity contribution in [3.05, 3.63) is 60.2 Å². The maximum atomic E-state index is 13.3. The van der Waals surface area contributed by atoms with Gasteiger partial charge in [0.25, 0.3) is 0 Å². The van der Waals surface area contributed by atoms with E-state index >= 15 is 0 Å². The van der Waals surface area contributed by atoms with Crippen molar-refractivity contribution in [3.63, 3.8) is 0 Å². The first-order valence-corrected chi connectivity index (χ1v) is 11.8. The zero-order chi connectivity index (χ0) is 22.3. The number of carbonyl (C=O) groups is 1. The Morgan fingerprint density at radius 3 is 2.45 bits per heavy atom. The van der Waals surface area contributed by atoms with Crippen molar-refractivity contribution in [1.82, 2.24) is 9.21 Å². The van der Waals surface area contributed by atoms with Crippen LogP contribution in [0.2, 0.25) is 0 Å². The third kappa shape index (κ3) is 6.16. The van der Waals surface area contributed by atoms with Gasteiger partial charge >= 0.3 is 0 Å². The van der Waals surface area contributed by atoms with Crippen LogP contribution in [0.3, 0.4) is 0 Å². The molecule has 0 unspecified atom stereocenters. The van der Waals surface area contributed by atoms with Crippen LogP contribution in [0, 0.1) is 0 Å². The van der Waals surface area contributed by atoms with Crippen LogP contribution in [-0.4, -0.2) is 62.9 Å². The summed E-state index contributed by atoms with van der Waals surface area (Å²) in [5.74, 6) is 0.0366. The molecule has 2 aromatic carbocycles. The van der Waals surface area contributed by atoms with Crippen molar-refractivity contribution in [2.24, 2.45) is 0 Å². The van der Waals surface area contributed by atoms with Crippen molar-refractivity contribution < 1.29 is 17.9 Å². The van der Waals surface area contributed by atoms with Crippen LogP contribution in [0.4, 0.5) is 5.69 Å². The summed E-state index contributed by atoms with van der Waals surface area (Å²) in [7, 11) is -3.75. The Labute approximate surface area is 184 Å². The van der Waals surface area contributed by atoms with Crippen molar-refractivity contribution in [1.29, 1.82) is 0 Å². The largest absolute Gasteiger partial charge is 0.492 e. The summed E-state index contributed by atoms with van der Waals surface area (Å²) in [5.41, 5.74) is 1.57. The van der Waals surface area contributed by atoms with E-state index in [0.29, 0.717) is 44.2 Å². The molecule has 31 heavy (non-hydrogen) atoms. The summed E-state index contributed by atoms with van der Waals surface area (Å²) in [5, 5.41) is 2.64. The fraction of sp³-hybridized carbons (Fsp3) is 0.348. The first-order valence-electron chi connectivity index (χ1n) is 10.4. The van der Waals surface area contributed by atoms with Gasteiger partial charge in [-0.25, -0.2) is 8.42 Å². The van der Waals surface area contributed by atoms with E-state index in [1.165, 1.54) is 17.3 Å². The number of piperazine rings is 1. The third-order valence-electron chi connectivity index (χ3n) is 4.99. The van der Waals surface area contributed by atoms with Gasteiger partial charge in [-0.15, -0.1) is 0 Å². The molecule has 1 amide bonds. The van der Waals surface area contributed by atoms with Crippen molar-refractivity contribution in [2.45, 2.75) is 18.7 Å². The molecule has 1 aliphatic rings. The molecule has 1 saturated heterocycles. The number of amides is 1. The number of nitrogens with one attached hydrogen (secondary N) is 1. The molecule has 0 saturated carbocycles. The summed E-state index contributed by atoms with van der Waals surface area (Å²) in [4.78, 5) is 13.7. The third-order valence-corrected chi connectivity index (χ3v) is 6.91. The highest BCUT2D eigenvalue weighted by atomic mass is 32.2. The van der Waals surface area contributed by atoms with E-state index in [1.54, 1.807) is 19.1 Å². The molecule has 3 rings (SSSR count). The second-order valence-electron chi connectivity index (χ2n) is 7.29. The number of rotatable bonds is 8. The molecule has 1 N–H and O–H groups in total. The number of carbonyl (C=O) groups excluding carboxylic acids is 1. The number of hydrogen-bond acceptors (Lipinski definition) is 5. The highest BCUT2D eigenvalue weighted by Crippen LogP contribution is 2.30. The summed E-state index contributed by atoms with van der Waals surface area (Å²) >= 11 is 0. The molecule has 166 valence electrons. The van der Waals surface area contributed by atoms with Gasteiger partial charge in [0.05, 0.1) is 6.61 Å². The number of benzene rings is 2. The normalized spacial score (nSPS) is 15.8. The van der Waals surface area contributed by atoms with Gasteiger partial charge < -0.3 is 10.1 Å². The maximum Gasteiger partial charge on any atom is 0.246 e. The molecule has 7 nitrogen and oxygen atoms in total. The Bertz CT molecular complexity index is 1010. The molecule has 2 aromatic rings. The Morgan fingerprint density at radius 2 is 1.81 bits per heavy atom. The molecule has 1 heterocycles. The highest BCUT2D eigenvalue weighted by molar-refractivity contribution is 7.89. The zero-order valence-corrected chi connectivity index (χ0v) is 18.8. The average molecular weight is 444 g/mol. The van der Waals surface area contributed by atoms with Crippen LogP contribution in [0.15, 0.2) is 59.5 Å². The molecule has 1 fully saturated rings. The number of ether oxygens (including phenoxy) is 1. The molecular weight excluding hydrogens is 414 g/mol. The van der Waals surface area contributed by atoms with Crippen molar-refractivity contribution >= 4 is 27.7 Å². The molecular formula is C23H29N3O4S. The highest BCUT2D eigenvalue weighted by Gasteiger charge is 2.31. The lowest BCUT2D eigenvalue weighted by Gasteiger charge is -2.33. The number of nitrogens with zero attached hydrogens (tertiary/aromatic N) is 2. The number of anilines is 1. The van der Waals surface area contributed by atoms with Gasteiger partial charge in [0.15, 0.2) is 0 Å². The fourth-order valence-corrected chi connectivity index (χ4v) is 5.04. The second-order valence-corrected chi connectivity index (χ2v) is 9.20. The second kappa shape index (κ2) is 10.6. The molecule has 0 atom stereocenters. The van der Waals surface area contributed by atoms with Gasteiger partial charge in [0, 0.05) is 45.3 Å². The smallest absolute Gasteiger partial charge is 0.246 e. The standard InChI is InChI=1S/C23H29N3O4S/c1-3-30-22-12-11-21(24-19(2)27)18-23(22)31(28,29)26-16-14-25(15-17-26)13-7-10-20-8-5-4-6-9-20/h4-12,18H,3,13-17H2,1-2H3,(H,24,27)/b10-7+. The molecule has 1 aliphatic heterocycles. The van der Waals surface area contributed by atoms with Crippen LogP contribution < -0.4 is 10.1 Å². The van der Waals surface area contributed by atoms with E-state index in [9.17, 15) is 13.2 Å². The summed E-state index contributed by atoms with van der Waals surface area (Å²) < 4.78 is 33.7. The maximum absolute atomic E-state index is 13.3. The Hall–Kier alpha value is -2.68. The fourth-order valence-electron chi connectivity index (χ4n) is 3.46. The van der Waals surface area contributed by atoms with Crippen LogP contribution in [0.1, 0.15) is 19.4 Å². The molecule has 8 heteroatoms. The van der Waals surface area contributed by atoms with E-state index in [4.69, 9.17) is 4.74 Å². The predicted octanol–water partition coefficient (Wildman–Crippen LogP) is 3.06. The average Bonchev–Trinajstić information content (AvgIpc) is 2.76. The minimum Gasteiger partial charge on any atom is -0.492 e. The van der Waals surface area contributed by atoms with E-state index in [1.807, 2.05) is 30.3 Å². The number of hydrogen-bond donors (Lipinski definition) is 1. The van der Waals surface area contributed by atoms with E-state index < -0.39 is 10.0 Å². The SMILES string of the molecule is CCOc1ccc(NC(C)=O)cc1S(=O)(=O)N1CCN(C/C=C/c2ccccc2)CC1. The number of sulfonamides is 1. The molecule has 0 aliphatic carbocycles. The minimum absolute atomic E-state index is 0.0815. The van der Waals surface area contributed by atoms with E-state index in [2.05, 4.69) is 22.4 Å². The summed E-state index contributed by atoms with van der Waals surface area (Å²) in [6.07, 6.45) is 4.18. The van der Waals surface area contributed by atoms with Gasteiger partial charge in [-0.05, 0) is 30.7 Å². The molecule has 0 spiro atoms. The van der Waals surface area contributed by atoms with E-state index in [0.717, 1.165) is 12.1 Å². The lowest BCUT2D eigenvalue weighted by molar-refractivity contribution is -0.114. The van der Waals surface area contributed by atoms with Crippen LogP contribution in [-0.2, 0) is 14.8 Å². The van der Waals surface area contributed by atoms with Gasteiger partial charge in [-0.2, -0.15) is 4.31 Å². The van der Waals surface area contributed by atoms with Crippen LogP contribution in [0.25, 0.3) is 6.08 Å². The predicted molar refractivity (Wildman–Crippen MR) is 123 cm³/mol. The molecule has 0 bridgehead atoms. The van der Waals surface area contributed by atoms with Crippen molar-refractivity contribution in [3.8, 4) is 5.75 Å². The quantitative estimate of drug-likeness (QED) is 0.678. The van der Waals surface area contributed by atoms with Crippen LogP contribution in [0.5, 0.6) is 5.75 Å². The lowest BCUT2D eigenvalue weighted by atomic mass is 10.2.